The van der Waals surface area contributed by atoms with Gasteiger partial charge < -0.3 is 0 Å². The summed E-state index contributed by atoms with van der Waals surface area (Å²) >= 11 is 5.45. The van der Waals surface area contributed by atoms with Crippen molar-refractivity contribution < 1.29 is 13.2 Å². The lowest BCUT2D eigenvalue weighted by molar-refractivity contribution is -0.138. The van der Waals surface area contributed by atoms with Crippen molar-refractivity contribution in [1.29, 1.82) is 5.26 Å². The van der Waals surface area contributed by atoms with E-state index in [1.54, 1.807) is 6.07 Å². The first-order valence-corrected chi connectivity index (χ1v) is 3.92. The maximum absolute atomic E-state index is 12.4. The zero-order valence-electron chi connectivity index (χ0n) is 6.77. The molecule has 0 aliphatic heterocycles. The molecule has 1 heterocycles. The van der Waals surface area contributed by atoms with Crippen molar-refractivity contribution in [3.8, 4) is 6.07 Å². The van der Waals surface area contributed by atoms with Crippen molar-refractivity contribution in [3.05, 3.63) is 28.5 Å². The summed E-state index contributed by atoms with van der Waals surface area (Å²) in [6, 6.07) is 2.42. The van der Waals surface area contributed by atoms with Gasteiger partial charge in [-0.1, -0.05) is 11.6 Å². The second-order valence-electron chi connectivity index (χ2n) is 2.46. The standard InChI is InChI=1S/C8H4ClF3N2/c9-7-5(1-3-13)6(2-4-14-7)8(10,11)12/h2,4H,1H2. The Hall–Kier alpha value is -1.28. The molecule has 6 heteroatoms. The van der Waals surface area contributed by atoms with Crippen LogP contribution in [0, 0.1) is 11.3 Å². The third kappa shape index (κ3) is 2.15. The highest BCUT2D eigenvalue weighted by Crippen LogP contribution is 2.34. The van der Waals surface area contributed by atoms with E-state index in [1.807, 2.05) is 0 Å². The predicted molar refractivity (Wildman–Crippen MR) is 43.6 cm³/mol. The summed E-state index contributed by atoms with van der Waals surface area (Å²) in [5.41, 5.74) is -1.18. The van der Waals surface area contributed by atoms with Crippen molar-refractivity contribution in [1.82, 2.24) is 4.98 Å². The van der Waals surface area contributed by atoms with Crippen LogP contribution in [0.5, 0.6) is 0 Å². The van der Waals surface area contributed by atoms with Gasteiger partial charge in [0, 0.05) is 11.8 Å². The summed E-state index contributed by atoms with van der Waals surface area (Å²) in [6.45, 7) is 0. The number of aromatic nitrogens is 1. The normalized spacial score (nSPS) is 11.1. The fraction of sp³-hybridized carbons (Fsp3) is 0.250. The summed E-state index contributed by atoms with van der Waals surface area (Å²) in [7, 11) is 0. The third-order valence-electron chi connectivity index (χ3n) is 1.56. The molecular formula is C8H4ClF3N2. The fourth-order valence-electron chi connectivity index (χ4n) is 0.980. The summed E-state index contributed by atoms with van der Waals surface area (Å²) < 4.78 is 37.1. The quantitative estimate of drug-likeness (QED) is 0.683. The van der Waals surface area contributed by atoms with Gasteiger partial charge >= 0.3 is 6.18 Å². The number of rotatable bonds is 1. The average molecular weight is 221 g/mol. The summed E-state index contributed by atoms with van der Waals surface area (Å²) in [5.74, 6) is 0. The monoisotopic (exact) mass is 220 g/mol. The minimum Gasteiger partial charge on any atom is -0.244 e. The Morgan fingerprint density at radius 1 is 1.50 bits per heavy atom. The molecule has 0 unspecified atom stereocenters. The second kappa shape index (κ2) is 3.84. The van der Waals surface area contributed by atoms with Crippen LogP contribution in [0.2, 0.25) is 5.15 Å². The van der Waals surface area contributed by atoms with E-state index in [9.17, 15) is 13.2 Å². The van der Waals surface area contributed by atoms with Gasteiger partial charge in [-0.3, -0.25) is 0 Å². The fourth-order valence-corrected chi connectivity index (χ4v) is 1.20. The molecule has 0 spiro atoms. The first-order chi connectivity index (χ1) is 6.46. The van der Waals surface area contributed by atoms with E-state index in [0.29, 0.717) is 0 Å². The van der Waals surface area contributed by atoms with Gasteiger partial charge in [0.2, 0.25) is 0 Å². The second-order valence-corrected chi connectivity index (χ2v) is 2.82. The van der Waals surface area contributed by atoms with Gasteiger partial charge in [-0.15, -0.1) is 0 Å². The largest absolute Gasteiger partial charge is 0.416 e. The number of nitriles is 1. The lowest BCUT2D eigenvalue weighted by Crippen LogP contribution is -2.10. The molecule has 74 valence electrons. The molecule has 0 saturated heterocycles. The maximum Gasteiger partial charge on any atom is 0.416 e. The number of alkyl halides is 3. The summed E-state index contributed by atoms with van der Waals surface area (Å²) in [4.78, 5) is 3.49. The highest BCUT2D eigenvalue weighted by Gasteiger charge is 2.34. The Kier molecular flexibility index (Phi) is 2.96. The van der Waals surface area contributed by atoms with Gasteiger partial charge in [0.15, 0.2) is 0 Å². The van der Waals surface area contributed by atoms with Gasteiger partial charge in [-0.25, -0.2) is 4.98 Å². The Balaban J connectivity index is 3.30. The van der Waals surface area contributed by atoms with Gasteiger partial charge in [0.05, 0.1) is 18.1 Å². The lowest BCUT2D eigenvalue weighted by Gasteiger charge is -2.10. The van der Waals surface area contributed by atoms with Crippen LogP contribution >= 0.6 is 11.6 Å². The topological polar surface area (TPSA) is 36.7 Å². The zero-order chi connectivity index (χ0) is 10.8. The molecule has 0 radical (unpaired) electrons. The van der Waals surface area contributed by atoms with Gasteiger partial charge in [-0.05, 0) is 6.07 Å². The number of hydrogen-bond acceptors (Lipinski definition) is 2. The molecule has 0 bridgehead atoms. The molecule has 1 aromatic heterocycles. The molecule has 14 heavy (non-hydrogen) atoms. The minimum atomic E-state index is -4.50. The molecule has 1 rings (SSSR count). The van der Waals surface area contributed by atoms with Crippen LogP contribution in [-0.4, -0.2) is 4.98 Å². The van der Waals surface area contributed by atoms with Crippen molar-refractivity contribution in [2.24, 2.45) is 0 Å². The molecule has 0 aliphatic carbocycles. The van der Waals surface area contributed by atoms with Crippen LogP contribution in [0.25, 0.3) is 0 Å². The number of hydrogen-bond donors (Lipinski definition) is 0. The third-order valence-corrected chi connectivity index (χ3v) is 1.89. The lowest BCUT2D eigenvalue weighted by atomic mass is 10.1. The molecule has 0 aromatic carbocycles. The minimum absolute atomic E-state index is 0.274. The van der Waals surface area contributed by atoms with E-state index in [2.05, 4.69) is 4.98 Å². The van der Waals surface area contributed by atoms with E-state index < -0.39 is 18.2 Å². The Morgan fingerprint density at radius 2 is 2.14 bits per heavy atom. The summed E-state index contributed by atoms with van der Waals surface area (Å²) in [6.07, 6.45) is -3.94. The highest BCUT2D eigenvalue weighted by molar-refractivity contribution is 6.30. The van der Waals surface area contributed by atoms with Gasteiger partial charge in [0.1, 0.15) is 5.15 Å². The van der Waals surface area contributed by atoms with Crippen molar-refractivity contribution in [3.63, 3.8) is 0 Å². The SMILES string of the molecule is N#CCc1c(C(F)(F)F)ccnc1Cl. The van der Waals surface area contributed by atoms with E-state index in [4.69, 9.17) is 16.9 Å². The van der Waals surface area contributed by atoms with E-state index in [0.717, 1.165) is 12.3 Å². The number of nitrogens with zero attached hydrogens (tertiary/aromatic N) is 2. The summed E-state index contributed by atoms with van der Waals surface area (Å²) in [5, 5.41) is 8.05. The molecule has 0 atom stereocenters. The van der Waals surface area contributed by atoms with Crippen molar-refractivity contribution in [2.75, 3.05) is 0 Å². The number of pyridine rings is 1. The van der Waals surface area contributed by atoms with Crippen molar-refractivity contribution in [2.45, 2.75) is 12.6 Å². The van der Waals surface area contributed by atoms with Crippen LogP contribution < -0.4 is 0 Å². The highest BCUT2D eigenvalue weighted by atomic mass is 35.5. The van der Waals surface area contributed by atoms with Gasteiger partial charge in [-0.2, -0.15) is 18.4 Å². The van der Waals surface area contributed by atoms with E-state index in [-0.39, 0.29) is 10.7 Å². The average Bonchev–Trinajstić information content (AvgIpc) is 2.07. The van der Waals surface area contributed by atoms with E-state index >= 15 is 0 Å². The first-order valence-electron chi connectivity index (χ1n) is 3.54. The predicted octanol–water partition coefficient (Wildman–Crippen LogP) is 2.82. The maximum atomic E-state index is 12.4. The molecule has 0 saturated carbocycles. The Morgan fingerprint density at radius 3 is 2.64 bits per heavy atom. The first kappa shape index (κ1) is 10.8. The molecule has 0 aliphatic rings. The molecule has 0 N–H and O–H groups in total. The van der Waals surface area contributed by atoms with Crippen LogP contribution in [0.3, 0.4) is 0 Å². The Labute approximate surface area is 82.9 Å². The molecule has 0 amide bonds. The Bertz CT molecular complexity index is 381. The van der Waals surface area contributed by atoms with E-state index in [1.165, 1.54) is 0 Å². The van der Waals surface area contributed by atoms with Crippen molar-refractivity contribution >= 4 is 11.6 Å². The van der Waals surface area contributed by atoms with Crippen LogP contribution in [0.4, 0.5) is 13.2 Å². The molecule has 0 fully saturated rings. The number of halogens is 4. The molecule has 2 nitrogen and oxygen atoms in total. The molecular weight excluding hydrogens is 217 g/mol. The van der Waals surface area contributed by atoms with Crippen LogP contribution in [-0.2, 0) is 12.6 Å². The smallest absolute Gasteiger partial charge is 0.244 e. The van der Waals surface area contributed by atoms with Gasteiger partial charge in [0.25, 0.3) is 0 Å². The van der Waals surface area contributed by atoms with Crippen LogP contribution in [0.1, 0.15) is 11.1 Å². The van der Waals surface area contributed by atoms with Crippen LogP contribution in [0.15, 0.2) is 12.3 Å². The molecule has 1 aromatic rings. The zero-order valence-corrected chi connectivity index (χ0v) is 7.52.